The Morgan fingerprint density at radius 1 is 1.00 bits per heavy atom. The summed E-state index contributed by atoms with van der Waals surface area (Å²) in [4.78, 5) is 0. The lowest BCUT2D eigenvalue weighted by Crippen LogP contribution is -2.37. The van der Waals surface area contributed by atoms with E-state index in [2.05, 4.69) is 36.9 Å². The van der Waals surface area contributed by atoms with Crippen molar-refractivity contribution in [2.24, 2.45) is 11.8 Å². The molecular formula is C32H30O3. The average molecular weight is 463 g/mol. The Kier molecular flexibility index (Phi) is 6.43. The zero-order chi connectivity index (χ0) is 24.4. The molecule has 3 nitrogen and oxygen atoms in total. The molecule has 0 heterocycles. The van der Waals surface area contributed by atoms with E-state index < -0.39 is 6.10 Å². The van der Waals surface area contributed by atoms with Crippen LogP contribution in [0.15, 0.2) is 138 Å². The van der Waals surface area contributed by atoms with Gasteiger partial charge in [-0.05, 0) is 70.2 Å². The van der Waals surface area contributed by atoms with Crippen LogP contribution < -0.4 is 0 Å². The largest absolute Gasteiger partial charge is 0.508 e. The maximum atomic E-state index is 11.3. The number of hydrogen-bond acceptors (Lipinski definition) is 3. The molecule has 3 heteroatoms. The van der Waals surface area contributed by atoms with Gasteiger partial charge in [-0.3, -0.25) is 0 Å². The topological polar surface area (TPSA) is 60.7 Å². The van der Waals surface area contributed by atoms with Crippen LogP contribution in [0.4, 0.5) is 0 Å². The highest BCUT2D eigenvalue weighted by Gasteiger charge is 2.40. The number of hydrogen-bond donors (Lipinski definition) is 3. The number of aliphatic hydroxyl groups excluding tert-OH is 3. The van der Waals surface area contributed by atoms with Crippen LogP contribution in [-0.4, -0.2) is 21.4 Å². The maximum Gasteiger partial charge on any atom is 0.115 e. The molecular weight excluding hydrogens is 432 g/mol. The summed E-state index contributed by atoms with van der Waals surface area (Å²) >= 11 is 0. The molecule has 0 spiro atoms. The number of allylic oxidation sites excluding steroid dienone is 12. The quantitative estimate of drug-likeness (QED) is 0.409. The molecule has 3 aliphatic rings. The van der Waals surface area contributed by atoms with Crippen molar-refractivity contribution in [3.05, 3.63) is 144 Å². The van der Waals surface area contributed by atoms with Crippen molar-refractivity contribution in [2.75, 3.05) is 0 Å². The third-order valence-electron chi connectivity index (χ3n) is 7.17. The molecule has 5 rings (SSSR count). The van der Waals surface area contributed by atoms with Gasteiger partial charge in [-0.25, -0.2) is 0 Å². The number of rotatable bonds is 5. The molecule has 2 aromatic rings. The summed E-state index contributed by atoms with van der Waals surface area (Å²) in [5.74, 6) is 0.215. The summed E-state index contributed by atoms with van der Waals surface area (Å²) in [5, 5.41) is 33.5. The third kappa shape index (κ3) is 4.73. The maximum absolute atomic E-state index is 11.3. The van der Waals surface area contributed by atoms with E-state index in [1.807, 2.05) is 54.7 Å². The second-order valence-electron chi connectivity index (χ2n) is 9.44. The normalized spacial score (nSPS) is 25.8. The highest BCUT2D eigenvalue weighted by atomic mass is 16.3. The fourth-order valence-electron chi connectivity index (χ4n) is 5.56. The first-order valence-corrected chi connectivity index (χ1v) is 12.1. The minimum Gasteiger partial charge on any atom is -0.508 e. The van der Waals surface area contributed by atoms with E-state index in [0.29, 0.717) is 6.42 Å². The summed E-state index contributed by atoms with van der Waals surface area (Å²) in [6.07, 6.45) is 19.7. The smallest absolute Gasteiger partial charge is 0.115 e. The van der Waals surface area contributed by atoms with E-state index in [1.54, 1.807) is 18.2 Å². The summed E-state index contributed by atoms with van der Waals surface area (Å²) in [7, 11) is 0. The first-order valence-electron chi connectivity index (χ1n) is 12.1. The van der Waals surface area contributed by atoms with Crippen LogP contribution in [0, 0.1) is 11.8 Å². The molecule has 0 fully saturated rings. The summed E-state index contributed by atoms with van der Waals surface area (Å²) < 4.78 is 0. The molecule has 0 radical (unpaired) electrons. The standard InChI is InChI=1S/C32H30O3/c1-21(7-4-8-22-9-5-12-25(33)19-22)31(29-14-6-11-23-10-2-3-13-27(23)29)32-28-17-16-26(34)20-24(28)15-18-30(32)35/h2-8,10-17,19-20,28,30-35H,1,9,18H2/b7-4-,22-8+/t28?,30-,31?,32-/m0/s1. The van der Waals surface area contributed by atoms with E-state index in [9.17, 15) is 15.3 Å². The predicted octanol–water partition coefficient (Wildman–Crippen LogP) is 7.30. The van der Waals surface area contributed by atoms with E-state index >= 15 is 0 Å². The predicted molar refractivity (Wildman–Crippen MR) is 143 cm³/mol. The lowest BCUT2D eigenvalue weighted by molar-refractivity contribution is 0.0770. The van der Waals surface area contributed by atoms with Gasteiger partial charge in [0, 0.05) is 17.8 Å². The zero-order valence-corrected chi connectivity index (χ0v) is 19.6. The van der Waals surface area contributed by atoms with Crippen LogP contribution >= 0.6 is 0 Å². The molecule has 0 bridgehead atoms. The van der Waals surface area contributed by atoms with Crippen molar-refractivity contribution in [3.8, 4) is 0 Å². The molecule has 176 valence electrons. The molecule has 2 unspecified atom stereocenters. The van der Waals surface area contributed by atoms with Gasteiger partial charge in [-0.2, -0.15) is 0 Å². The van der Waals surface area contributed by atoms with Crippen LogP contribution in [0.5, 0.6) is 0 Å². The highest BCUT2D eigenvalue weighted by molar-refractivity contribution is 5.86. The Hall–Kier alpha value is -3.82. The summed E-state index contributed by atoms with van der Waals surface area (Å²) in [6.45, 7) is 4.48. The van der Waals surface area contributed by atoms with Crippen LogP contribution in [0.25, 0.3) is 10.8 Å². The number of benzene rings is 2. The van der Waals surface area contributed by atoms with E-state index in [0.717, 1.165) is 39.5 Å². The van der Waals surface area contributed by atoms with E-state index in [1.165, 1.54) is 0 Å². The Morgan fingerprint density at radius 3 is 2.66 bits per heavy atom. The summed E-state index contributed by atoms with van der Waals surface area (Å²) in [6, 6.07) is 14.6. The van der Waals surface area contributed by atoms with Gasteiger partial charge in [-0.15, -0.1) is 0 Å². The van der Waals surface area contributed by atoms with Gasteiger partial charge < -0.3 is 15.3 Å². The zero-order valence-electron chi connectivity index (χ0n) is 19.6. The van der Waals surface area contributed by atoms with Gasteiger partial charge >= 0.3 is 0 Å². The second-order valence-corrected chi connectivity index (χ2v) is 9.44. The molecule has 3 aliphatic carbocycles. The fourth-order valence-corrected chi connectivity index (χ4v) is 5.56. The molecule has 0 aromatic heterocycles. The fraction of sp³-hybridized carbons (Fsp3) is 0.188. The lowest BCUT2D eigenvalue weighted by atomic mass is 9.65. The molecule has 0 saturated carbocycles. The monoisotopic (exact) mass is 462 g/mol. The Balaban J connectivity index is 1.57. The molecule has 2 aromatic carbocycles. The Labute approximate surface area is 206 Å². The third-order valence-corrected chi connectivity index (χ3v) is 7.17. The van der Waals surface area contributed by atoms with Gasteiger partial charge in [-0.1, -0.05) is 85.5 Å². The van der Waals surface area contributed by atoms with Crippen molar-refractivity contribution in [2.45, 2.75) is 24.9 Å². The molecule has 35 heavy (non-hydrogen) atoms. The van der Waals surface area contributed by atoms with Gasteiger partial charge in [0.25, 0.3) is 0 Å². The molecule has 4 atom stereocenters. The van der Waals surface area contributed by atoms with Crippen LogP contribution in [0.1, 0.15) is 24.3 Å². The number of aliphatic hydroxyl groups is 3. The SMILES string of the molecule is C=C(/C=C\C=C1\C=C(O)C=CC1)C(c1cccc2ccccc12)[C@H]1C2C=CC(O)=CC2=CC[C@@H]1O. The van der Waals surface area contributed by atoms with Crippen molar-refractivity contribution in [1.82, 2.24) is 0 Å². The minimum absolute atomic E-state index is 0.0227. The van der Waals surface area contributed by atoms with Crippen molar-refractivity contribution < 1.29 is 15.3 Å². The van der Waals surface area contributed by atoms with Crippen molar-refractivity contribution in [1.29, 1.82) is 0 Å². The average Bonchev–Trinajstić information content (AvgIpc) is 2.86. The summed E-state index contributed by atoms with van der Waals surface area (Å²) in [5.41, 5.74) is 4.12. The Morgan fingerprint density at radius 2 is 1.80 bits per heavy atom. The number of fused-ring (bicyclic) bond motifs is 2. The molecule has 0 amide bonds. The van der Waals surface area contributed by atoms with Gasteiger partial charge in [0.1, 0.15) is 11.5 Å². The first-order chi connectivity index (χ1) is 17.0. The van der Waals surface area contributed by atoms with Crippen LogP contribution in [0.2, 0.25) is 0 Å². The van der Waals surface area contributed by atoms with Gasteiger partial charge in [0.05, 0.1) is 6.10 Å². The van der Waals surface area contributed by atoms with Gasteiger partial charge in [0.2, 0.25) is 0 Å². The van der Waals surface area contributed by atoms with Crippen molar-refractivity contribution >= 4 is 10.8 Å². The van der Waals surface area contributed by atoms with Crippen LogP contribution in [0.3, 0.4) is 0 Å². The molecule has 0 aliphatic heterocycles. The van der Waals surface area contributed by atoms with Gasteiger partial charge in [0.15, 0.2) is 0 Å². The first kappa shape index (κ1) is 22.9. The Bertz CT molecular complexity index is 1360. The minimum atomic E-state index is -0.544. The second kappa shape index (κ2) is 9.81. The van der Waals surface area contributed by atoms with E-state index in [4.69, 9.17) is 0 Å². The van der Waals surface area contributed by atoms with Crippen molar-refractivity contribution in [3.63, 3.8) is 0 Å². The lowest BCUT2D eigenvalue weighted by Gasteiger charge is -2.41. The van der Waals surface area contributed by atoms with Crippen LogP contribution in [-0.2, 0) is 0 Å². The molecule has 3 N–H and O–H groups in total. The molecule has 0 saturated heterocycles. The van der Waals surface area contributed by atoms with E-state index in [-0.39, 0.29) is 29.3 Å². The highest BCUT2D eigenvalue weighted by Crippen LogP contribution is 2.47.